The van der Waals surface area contributed by atoms with E-state index in [2.05, 4.69) is 15.3 Å². The summed E-state index contributed by atoms with van der Waals surface area (Å²) in [6.45, 7) is 8.01. The van der Waals surface area contributed by atoms with Gasteiger partial charge >= 0.3 is 0 Å². The van der Waals surface area contributed by atoms with Crippen molar-refractivity contribution < 1.29 is 4.79 Å². The number of thiophene rings is 1. The number of aromatic nitrogens is 2. The van der Waals surface area contributed by atoms with Crippen LogP contribution in [0.1, 0.15) is 21.6 Å². The van der Waals surface area contributed by atoms with E-state index in [0.717, 1.165) is 32.8 Å². The van der Waals surface area contributed by atoms with Crippen LogP contribution in [0.15, 0.2) is 52.4 Å². The van der Waals surface area contributed by atoms with Crippen molar-refractivity contribution in [3.63, 3.8) is 0 Å². The molecule has 0 radical (unpaired) electrons. The lowest BCUT2D eigenvalue weighted by Gasteiger charge is -2.12. The number of amides is 1. The molecule has 7 heteroatoms. The third-order valence-corrected chi connectivity index (χ3v) is 6.93. The summed E-state index contributed by atoms with van der Waals surface area (Å²) in [4.78, 5) is 34.6. The number of fused-ring (bicyclic) bond motifs is 1. The summed E-state index contributed by atoms with van der Waals surface area (Å²) in [7, 11) is 0. The highest BCUT2D eigenvalue weighted by atomic mass is 32.2. The van der Waals surface area contributed by atoms with E-state index >= 15 is 0 Å². The van der Waals surface area contributed by atoms with Gasteiger partial charge in [0.05, 0.1) is 11.1 Å². The van der Waals surface area contributed by atoms with E-state index in [1.165, 1.54) is 28.7 Å². The number of aryl methyl sites for hydroxylation is 4. The Bertz CT molecular complexity index is 1320. The van der Waals surface area contributed by atoms with Crippen molar-refractivity contribution in [3.8, 4) is 11.1 Å². The Morgan fingerprint density at radius 2 is 1.77 bits per heavy atom. The van der Waals surface area contributed by atoms with E-state index in [4.69, 9.17) is 0 Å². The summed E-state index contributed by atoms with van der Waals surface area (Å²) in [6, 6.07) is 14.0. The molecule has 0 bridgehead atoms. The number of benzene rings is 2. The van der Waals surface area contributed by atoms with E-state index in [-0.39, 0.29) is 17.2 Å². The molecule has 0 fully saturated rings. The van der Waals surface area contributed by atoms with Crippen LogP contribution in [0.5, 0.6) is 0 Å². The van der Waals surface area contributed by atoms with Crippen LogP contribution < -0.4 is 10.9 Å². The Hall–Kier alpha value is -2.90. The van der Waals surface area contributed by atoms with Gasteiger partial charge in [0.1, 0.15) is 4.83 Å². The van der Waals surface area contributed by atoms with Crippen LogP contribution in [0.4, 0.5) is 5.69 Å². The monoisotopic (exact) mass is 449 g/mol. The number of aromatic amines is 1. The fourth-order valence-corrected chi connectivity index (χ4v) is 5.57. The minimum atomic E-state index is -0.179. The molecule has 0 unspecified atom stereocenters. The zero-order chi connectivity index (χ0) is 22.1. The Morgan fingerprint density at radius 1 is 1.10 bits per heavy atom. The van der Waals surface area contributed by atoms with Crippen molar-refractivity contribution in [2.75, 3.05) is 11.1 Å². The maximum absolute atomic E-state index is 12.9. The van der Waals surface area contributed by atoms with Gasteiger partial charge in [0.2, 0.25) is 5.91 Å². The molecule has 4 aromatic rings. The number of rotatable bonds is 5. The van der Waals surface area contributed by atoms with Gasteiger partial charge in [-0.2, -0.15) is 0 Å². The van der Waals surface area contributed by atoms with Crippen molar-refractivity contribution in [2.24, 2.45) is 0 Å². The molecule has 158 valence electrons. The first-order valence-electron chi connectivity index (χ1n) is 9.93. The number of anilines is 1. The molecule has 2 heterocycles. The molecule has 0 spiro atoms. The minimum absolute atomic E-state index is 0.130. The maximum atomic E-state index is 12.9. The Labute approximate surface area is 188 Å². The second-order valence-corrected chi connectivity index (χ2v) is 9.73. The van der Waals surface area contributed by atoms with Gasteiger partial charge in [-0.25, -0.2) is 4.98 Å². The molecule has 2 aromatic heterocycles. The number of nitrogens with zero attached hydrogens (tertiary/aromatic N) is 1. The molecule has 0 saturated carbocycles. The second-order valence-electron chi connectivity index (χ2n) is 7.56. The summed E-state index contributed by atoms with van der Waals surface area (Å²) < 4.78 is 0. The molecule has 2 N–H and O–H groups in total. The van der Waals surface area contributed by atoms with Gasteiger partial charge in [0, 0.05) is 16.1 Å². The lowest BCUT2D eigenvalue weighted by atomic mass is 10.0. The first-order valence-corrected chi connectivity index (χ1v) is 11.7. The average Bonchev–Trinajstić information content (AvgIpc) is 3.06. The molecule has 0 atom stereocenters. The fourth-order valence-electron chi connectivity index (χ4n) is 3.81. The normalized spacial score (nSPS) is 11.1. The molecule has 1 amide bonds. The van der Waals surface area contributed by atoms with Crippen LogP contribution in [0.2, 0.25) is 0 Å². The number of hydrogen-bond acceptors (Lipinski definition) is 5. The molecule has 4 rings (SSSR count). The Kier molecular flexibility index (Phi) is 5.98. The zero-order valence-electron chi connectivity index (χ0n) is 17.8. The van der Waals surface area contributed by atoms with Crippen molar-refractivity contribution in [3.05, 3.63) is 74.4 Å². The summed E-state index contributed by atoms with van der Waals surface area (Å²) in [5, 5.41) is 4.04. The van der Waals surface area contributed by atoms with Gasteiger partial charge in [-0.1, -0.05) is 59.8 Å². The largest absolute Gasteiger partial charge is 0.325 e. The Morgan fingerprint density at radius 3 is 2.45 bits per heavy atom. The van der Waals surface area contributed by atoms with Crippen LogP contribution in [0.3, 0.4) is 0 Å². The fraction of sp³-hybridized carbons (Fsp3) is 0.208. The van der Waals surface area contributed by atoms with Crippen molar-refractivity contribution in [1.82, 2.24) is 9.97 Å². The van der Waals surface area contributed by atoms with E-state index < -0.39 is 0 Å². The number of H-pyrrole nitrogens is 1. The van der Waals surface area contributed by atoms with Gasteiger partial charge in [-0.3, -0.25) is 9.59 Å². The molecule has 0 aliphatic carbocycles. The van der Waals surface area contributed by atoms with Crippen molar-refractivity contribution in [1.29, 1.82) is 0 Å². The van der Waals surface area contributed by atoms with Crippen LogP contribution in [-0.2, 0) is 4.79 Å². The van der Waals surface area contributed by atoms with Gasteiger partial charge in [-0.15, -0.1) is 11.3 Å². The van der Waals surface area contributed by atoms with E-state index in [0.29, 0.717) is 15.4 Å². The topological polar surface area (TPSA) is 74.8 Å². The molecule has 0 aliphatic heterocycles. The average molecular weight is 450 g/mol. The van der Waals surface area contributed by atoms with Gasteiger partial charge in [0.25, 0.3) is 5.56 Å². The third-order valence-electron chi connectivity index (χ3n) is 5.06. The zero-order valence-corrected chi connectivity index (χ0v) is 19.5. The van der Waals surface area contributed by atoms with E-state index in [1.807, 2.05) is 70.2 Å². The molecular weight excluding hydrogens is 426 g/mol. The number of nitrogens with one attached hydrogen (secondary N) is 2. The summed E-state index contributed by atoms with van der Waals surface area (Å²) in [5.74, 6) is 0.0343. The molecule has 5 nitrogen and oxygen atoms in total. The molecule has 2 aromatic carbocycles. The van der Waals surface area contributed by atoms with E-state index in [1.54, 1.807) is 0 Å². The van der Waals surface area contributed by atoms with Gasteiger partial charge < -0.3 is 10.3 Å². The van der Waals surface area contributed by atoms with Crippen LogP contribution in [0.25, 0.3) is 21.3 Å². The highest BCUT2D eigenvalue weighted by Gasteiger charge is 2.17. The lowest BCUT2D eigenvalue weighted by Crippen LogP contribution is -2.17. The molecule has 0 saturated heterocycles. The predicted molar refractivity (Wildman–Crippen MR) is 130 cm³/mol. The first kappa shape index (κ1) is 21.3. The van der Waals surface area contributed by atoms with Crippen molar-refractivity contribution in [2.45, 2.75) is 32.9 Å². The SMILES string of the molecule is Cc1cc(C)c(NC(=O)CSc2nc3sc(C)c(-c4ccccc4)c3c(=O)[nH]2)c(C)c1. The third kappa shape index (κ3) is 4.43. The van der Waals surface area contributed by atoms with Crippen LogP contribution in [-0.4, -0.2) is 21.6 Å². The number of hydrogen-bond donors (Lipinski definition) is 2. The van der Waals surface area contributed by atoms with Crippen LogP contribution in [0, 0.1) is 27.7 Å². The first-order chi connectivity index (χ1) is 14.8. The number of carbonyl (C=O) groups excluding carboxylic acids is 1. The summed E-state index contributed by atoms with van der Waals surface area (Å²) in [6.07, 6.45) is 0. The molecular formula is C24H23N3O2S2. The van der Waals surface area contributed by atoms with Crippen molar-refractivity contribution >= 4 is 44.9 Å². The summed E-state index contributed by atoms with van der Waals surface area (Å²) in [5.41, 5.74) is 5.82. The quantitative estimate of drug-likeness (QED) is 0.306. The highest BCUT2D eigenvalue weighted by molar-refractivity contribution is 7.99. The Balaban J connectivity index is 1.55. The lowest BCUT2D eigenvalue weighted by molar-refractivity contribution is -0.113. The van der Waals surface area contributed by atoms with Gasteiger partial charge in [0.15, 0.2) is 5.16 Å². The maximum Gasteiger partial charge on any atom is 0.260 e. The number of thioether (sulfide) groups is 1. The van der Waals surface area contributed by atoms with E-state index in [9.17, 15) is 9.59 Å². The van der Waals surface area contributed by atoms with Crippen LogP contribution >= 0.6 is 23.1 Å². The minimum Gasteiger partial charge on any atom is -0.325 e. The smallest absolute Gasteiger partial charge is 0.260 e. The molecule has 31 heavy (non-hydrogen) atoms. The number of carbonyl (C=O) groups is 1. The molecule has 0 aliphatic rings. The highest BCUT2D eigenvalue weighted by Crippen LogP contribution is 2.35. The second kappa shape index (κ2) is 8.69. The predicted octanol–water partition coefficient (Wildman–Crippen LogP) is 5.62. The summed E-state index contributed by atoms with van der Waals surface area (Å²) >= 11 is 2.73. The van der Waals surface area contributed by atoms with Gasteiger partial charge in [-0.05, 0) is 44.4 Å². The standard InChI is InChI=1S/C24H23N3O2S2/c1-13-10-14(2)21(15(3)11-13)25-18(28)12-30-24-26-22(29)20-19(16(4)31-23(20)27-24)17-8-6-5-7-9-17/h5-11H,12H2,1-4H3,(H,25,28)(H,26,27,29).